The van der Waals surface area contributed by atoms with Gasteiger partial charge in [0.2, 0.25) is 0 Å². The summed E-state index contributed by atoms with van der Waals surface area (Å²) >= 11 is 3.42. The first kappa shape index (κ1) is 15.1. The van der Waals surface area contributed by atoms with Crippen molar-refractivity contribution in [1.29, 1.82) is 0 Å². The molecule has 0 saturated carbocycles. The Morgan fingerprint density at radius 3 is 2.95 bits per heavy atom. The second-order valence-electron chi connectivity index (χ2n) is 5.14. The van der Waals surface area contributed by atoms with Gasteiger partial charge in [-0.3, -0.25) is 0 Å². The molecule has 5 heteroatoms. The monoisotopic (exact) mass is 338 g/mol. The minimum absolute atomic E-state index is 0.271. The molecule has 1 aromatic heterocycles. The topological polar surface area (TPSA) is 47.3 Å². The average molecular weight is 339 g/mol. The number of hydrogen-bond acceptors (Lipinski definition) is 4. The van der Waals surface area contributed by atoms with Gasteiger partial charge in [-0.05, 0) is 37.1 Å². The van der Waals surface area contributed by atoms with E-state index in [2.05, 4.69) is 40.1 Å². The van der Waals surface area contributed by atoms with Crippen LogP contribution in [-0.2, 0) is 6.54 Å². The van der Waals surface area contributed by atoms with Gasteiger partial charge < -0.3 is 14.5 Å². The summed E-state index contributed by atoms with van der Waals surface area (Å²) < 4.78 is 12.0. The van der Waals surface area contributed by atoms with Crippen LogP contribution in [0.5, 0.6) is 11.8 Å². The van der Waals surface area contributed by atoms with Crippen LogP contribution in [-0.4, -0.2) is 11.5 Å². The maximum atomic E-state index is 5.66. The van der Waals surface area contributed by atoms with Crippen molar-refractivity contribution >= 4 is 15.9 Å². The van der Waals surface area contributed by atoms with Gasteiger partial charge in [-0.15, -0.1) is 0 Å². The Hall–Kier alpha value is -1.33. The first-order valence-electron chi connectivity index (χ1n) is 6.63. The van der Waals surface area contributed by atoms with Crippen LogP contribution in [0.15, 0.2) is 33.4 Å². The van der Waals surface area contributed by atoms with Crippen molar-refractivity contribution in [3.05, 3.63) is 40.2 Å². The number of nitrogens with zero attached hydrogens (tertiary/aromatic N) is 1. The lowest BCUT2D eigenvalue weighted by atomic mass is 10.2. The first-order valence-corrected chi connectivity index (χ1v) is 7.43. The predicted octanol–water partition coefficient (Wildman–Crippen LogP) is 4.28. The number of benzene rings is 1. The van der Waals surface area contributed by atoms with Crippen LogP contribution in [0.2, 0.25) is 0 Å². The Kier molecular flexibility index (Phi) is 5.20. The van der Waals surface area contributed by atoms with Crippen molar-refractivity contribution < 1.29 is 9.15 Å². The Labute approximate surface area is 127 Å². The van der Waals surface area contributed by atoms with Crippen LogP contribution in [0.25, 0.3) is 0 Å². The molecule has 1 aromatic carbocycles. The minimum atomic E-state index is 0.271. The number of aryl methyl sites for hydroxylation is 1. The Morgan fingerprint density at radius 1 is 1.40 bits per heavy atom. The average Bonchev–Trinajstić information content (AvgIpc) is 2.81. The van der Waals surface area contributed by atoms with Gasteiger partial charge in [-0.2, -0.15) is 4.98 Å². The highest BCUT2D eigenvalue weighted by atomic mass is 79.9. The highest BCUT2D eigenvalue weighted by molar-refractivity contribution is 9.10. The lowest BCUT2D eigenvalue weighted by Gasteiger charge is -2.05. The molecule has 4 nitrogen and oxygen atoms in total. The largest absolute Gasteiger partial charge is 0.417 e. The molecule has 1 heterocycles. The van der Waals surface area contributed by atoms with Crippen LogP contribution in [0.4, 0.5) is 0 Å². The van der Waals surface area contributed by atoms with E-state index in [0.29, 0.717) is 12.5 Å². The standard InChI is InChI=1S/C15H19BrN2O2/c1-10(2)7-17-8-13-9-19-15(18-13)20-14-6-12(16)5-4-11(14)3/h4-6,9-10,17H,7-8H2,1-3H3. The van der Waals surface area contributed by atoms with Crippen LogP contribution in [0.1, 0.15) is 25.1 Å². The Morgan fingerprint density at radius 2 is 2.20 bits per heavy atom. The van der Waals surface area contributed by atoms with Gasteiger partial charge >= 0.3 is 6.08 Å². The molecule has 0 aliphatic heterocycles. The Bertz CT molecular complexity index is 567. The summed E-state index contributed by atoms with van der Waals surface area (Å²) in [7, 11) is 0. The number of rotatable bonds is 6. The molecule has 1 N–H and O–H groups in total. The number of halogens is 1. The van der Waals surface area contributed by atoms with Gasteiger partial charge in [0, 0.05) is 11.0 Å². The second kappa shape index (κ2) is 6.90. The molecule has 0 saturated heterocycles. The molecule has 0 bridgehead atoms. The van der Waals surface area contributed by atoms with Crippen LogP contribution in [0, 0.1) is 12.8 Å². The lowest BCUT2D eigenvalue weighted by Crippen LogP contribution is -2.19. The lowest BCUT2D eigenvalue weighted by molar-refractivity contribution is 0.329. The molecule has 0 amide bonds. The van der Waals surface area contributed by atoms with Gasteiger partial charge in [0.25, 0.3) is 0 Å². The molecule has 0 aliphatic rings. The highest BCUT2D eigenvalue weighted by Crippen LogP contribution is 2.27. The summed E-state index contributed by atoms with van der Waals surface area (Å²) in [5, 5.41) is 3.31. The van der Waals surface area contributed by atoms with Crippen molar-refractivity contribution in [2.24, 2.45) is 5.92 Å². The maximum Gasteiger partial charge on any atom is 0.399 e. The molecule has 2 aromatic rings. The highest BCUT2D eigenvalue weighted by Gasteiger charge is 2.08. The van der Waals surface area contributed by atoms with Crippen molar-refractivity contribution in [1.82, 2.24) is 10.3 Å². The fourth-order valence-corrected chi connectivity index (χ4v) is 2.02. The molecule has 0 radical (unpaired) electrons. The molecule has 20 heavy (non-hydrogen) atoms. The van der Waals surface area contributed by atoms with E-state index in [4.69, 9.17) is 9.15 Å². The zero-order chi connectivity index (χ0) is 14.5. The molecule has 0 unspecified atom stereocenters. The number of aromatic nitrogens is 1. The van der Waals surface area contributed by atoms with Gasteiger partial charge in [-0.25, -0.2) is 0 Å². The zero-order valence-corrected chi connectivity index (χ0v) is 13.5. The van der Waals surface area contributed by atoms with E-state index in [9.17, 15) is 0 Å². The number of hydrogen-bond donors (Lipinski definition) is 1. The molecule has 0 aliphatic carbocycles. The summed E-state index contributed by atoms with van der Waals surface area (Å²) in [5.41, 5.74) is 1.87. The van der Waals surface area contributed by atoms with E-state index in [-0.39, 0.29) is 6.08 Å². The summed E-state index contributed by atoms with van der Waals surface area (Å²) in [5.74, 6) is 1.35. The Balaban J connectivity index is 1.97. The quantitative estimate of drug-likeness (QED) is 0.853. The van der Waals surface area contributed by atoms with Gasteiger partial charge in [0.1, 0.15) is 12.0 Å². The molecule has 0 spiro atoms. The third-order valence-electron chi connectivity index (χ3n) is 2.74. The fraction of sp³-hybridized carbons (Fsp3) is 0.400. The molecular formula is C15H19BrN2O2. The predicted molar refractivity (Wildman–Crippen MR) is 82.0 cm³/mol. The van der Waals surface area contributed by atoms with E-state index in [1.165, 1.54) is 0 Å². The maximum absolute atomic E-state index is 5.66. The number of ether oxygens (including phenoxy) is 1. The first-order chi connectivity index (χ1) is 9.54. The van der Waals surface area contributed by atoms with Crippen molar-refractivity contribution in [2.45, 2.75) is 27.3 Å². The summed E-state index contributed by atoms with van der Waals surface area (Å²) in [6.45, 7) is 7.95. The third-order valence-corrected chi connectivity index (χ3v) is 3.23. The summed E-state index contributed by atoms with van der Waals surface area (Å²) in [4.78, 5) is 4.31. The molecule has 0 fully saturated rings. The van der Waals surface area contributed by atoms with E-state index in [1.807, 2.05) is 25.1 Å². The van der Waals surface area contributed by atoms with Crippen molar-refractivity contribution in [3.63, 3.8) is 0 Å². The van der Waals surface area contributed by atoms with Gasteiger partial charge in [0.05, 0.1) is 5.69 Å². The van der Waals surface area contributed by atoms with Gasteiger partial charge in [0.15, 0.2) is 0 Å². The van der Waals surface area contributed by atoms with E-state index in [0.717, 1.165) is 28.0 Å². The van der Waals surface area contributed by atoms with Crippen LogP contribution < -0.4 is 10.1 Å². The van der Waals surface area contributed by atoms with Crippen LogP contribution >= 0.6 is 15.9 Å². The minimum Gasteiger partial charge on any atom is -0.417 e. The number of nitrogens with one attached hydrogen (secondary N) is 1. The summed E-state index contributed by atoms with van der Waals surface area (Å²) in [6.07, 6.45) is 1.89. The molecule has 108 valence electrons. The molecule has 0 atom stereocenters. The smallest absolute Gasteiger partial charge is 0.399 e. The normalized spacial score (nSPS) is 11.1. The van der Waals surface area contributed by atoms with E-state index in [1.54, 1.807) is 6.26 Å². The fourth-order valence-electron chi connectivity index (χ4n) is 1.68. The second-order valence-corrected chi connectivity index (χ2v) is 6.06. The zero-order valence-electron chi connectivity index (χ0n) is 11.9. The van der Waals surface area contributed by atoms with E-state index >= 15 is 0 Å². The van der Waals surface area contributed by atoms with Crippen molar-refractivity contribution in [2.75, 3.05) is 6.54 Å². The van der Waals surface area contributed by atoms with E-state index < -0.39 is 0 Å². The SMILES string of the molecule is Cc1ccc(Br)cc1Oc1nc(CNCC(C)C)co1. The summed E-state index contributed by atoms with van der Waals surface area (Å²) in [6, 6.07) is 5.85. The van der Waals surface area contributed by atoms with Crippen molar-refractivity contribution in [3.8, 4) is 11.8 Å². The third kappa shape index (κ3) is 4.35. The molecular weight excluding hydrogens is 320 g/mol. The number of oxazole rings is 1. The molecule has 2 rings (SSSR count). The van der Waals surface area contributed by atoms with Crippen LogP contribution in [0.3, 0.4) is 0 Å². The van der Waals surface area contributed by atoms with Gasteiger partial charge in [-0.1, -0.05) is 35.8 Å².